The van der Waals surface area contributed by atoms with E-state index in [1.54, 1.807) is 19.1 Å². The molecule has 1 heterocycles. The molecule has 1 aliphatic rings. The normalized spacial score (nSPS) is 16.2. The molecule has 0 saturated carbocycles. The van der Waals surface area contributed by atoms with Gasteiger partial charge in [0, 0.05) is 6.61 Å². The number of nitrogens with zero attached hydrogens (tertiary/aromatic N) is 1. The summed E-state index contributed by atoms with van der Waals surface area (Å²) in [5.74, 6) is -0.516. The molecule has 4 nitrogen and oxygen atoms in total. The van der Waals surface area contributed by atoms with Crippen molar-refractivity contribution >= 4 is 17.6 Å². The zero-order valence-electron chi connectivity index (χ0n) is 15.9. The molecule has 0 N–H and O–H groups in total. The maximum atomic E-state index is 14.1. The number of aromatic nitrogens is 1. The van der Waals surface area contributed by atoms with Gasteiger partial charge in [-0.25, -0.2) is 14.2 Å². The van der Waals surface area contributed by atoms with Crippen molar-refractivity contribution in [2.45, 2.75) is 39.7 Å². The molecule has 1 aromatic carbocycles. The van der Waals surface area contributed by atoms with Crippen molar-refractivity contribution in [2.24, 2.45) is 5.92 Å². The molecule has 0 radical (unpaired) electrons. The molecule has 0 aliphatic heterocycles. The second-order valence-electron chi connectivity index (χ2n) is 7.10. The molecule has 2 atom stereocenters. The van der Waals surface area contributed by atoms with Crippen molar-refractivity contribution in [3.05, 3.63) is 63.2 Å². The summed E-state index contributed by atoms with van der Waals surface area (Å²) < 4.78 is 24.9. The molecule has 1 unspecified atom stereocenters. The van der Waals surface area contributed by atoms with Crippen LogP contribution in [0.15, 0.2) is 24.3 Å². The number of ether oxygens (including phenoxy) is 2. The molecule has 27 heavy (non-hydrogen) atoms. The molecule has 0 amide bonds. The zero-order valence-corrected chi connectivity index (χ0v) is 16.6. The lowest BCUT2D eigenvalue weighted by Crippen LogP contribution is -2.07. The third-order valence-corrected chi connectivity index (χ3v) is 4.79. The highest BCUT2D eigenvalue weighted by atomic mass is 35.5. The van der Waals surface area contributed by atoms with E-state index in [1.165, 1.54) is 12.1 Å². The number of esters is 1. The zero-order chi connectivity index (χ0) is 19.7. The van der Waals surface area contributed by atoms with Crippen LogP contribution in [0, 0.1) is 11.7 Å². The van der Waals surface area contributed by atoms with Gasteiger partial charge in [0.05, 0.1) is 29.9 Å². The summed E-state index contributed by atoms with van der Waals surface area (Å²) in [6, 6.07) is 6.40. The van der Waals surface area contributed by atoms with Crippen LogP contribution in [0.25, 0.3) is 0 Å². The summed E-state index contributed by atoms with van der Waals surface area (Å²) in [7, 11) is 0. The van der Waals surface area contributed by atoms with E-state index >= 15 is 0 Å². The Kier molecular flexibility index (Phi) is 5.82. The van der Waals surface area contributed by atoms with Gasteiger partial charge in [-0.3, -0.25) is 0 Å². The van der Waals surface area contributed by atoms with Crippen LogP contribution in [0.4, 0.5) is 4.39 Å². The van der Waals surface area contributed by atoms with E-state index in [0.717, 1.165) is 16.7 Å². The fourth-order valence-electron chi connectivity index (χ4n) is 3.19. The van der Waals surface area contributed by atoms with Gasteiger partial charge in [0.2, 0.25) is 0 Å². The van der Waals surface area contributed by atoms with Gasteiger partial charge in [0.15, 0.2) is 0 Å². The van der Waals surface area contributed by atoms with E-state index in [0.29, 0.717) is 18.2 Å². The Morgan fingerprint density at radius 3 is 2.67 bits per heavy atom. The quantitative estimate of drug-likeness (QED) is 0.406. The molecule has 1 aliphatic carbocycles. The number of fused-ring (bicyclic) bond motifs is 1. The topological polar surface area (TPSA) is 48.4 Å². The van der Waals surface area contributed by atoms with Crippen molar-refractivity contribution in [3.8, 4) is 0 Å². The number of rotatable bonds is 7. The van der Waals surface area contributed by atoms with Crippen LogP contribution in [-0.2, 0) is 9.47 Å². The minimum absolute atomic E-state index is 0.0925. The van der Waals surface area contributed by atoms with Gasteiger partial charge >= 0.3 is 5.97 Å². The van der Waals surface area contributed by atoms with E-state index in [1.807, 2.05) is 6.92 Å². The summed E-state index contributed by atoms with van der Waals surface area (Å²) in [4.78, 5) is 16.2. The minimum Gasteiger partial charge on any atom is -0.462 e. The predicted molar refractivity (Wildman–Crippen MR) is 102 cm³/mol. The van der Waals surface area contributed by atoms with Gasteiger partial charge in [-0.15, -0.1) is 0 Å². The largest absolute Gasteiger partial charge is 0.462 e. The van der Waals surface area contributed by atoms with Crippen LogP contribution in [0.3, 0.4) is 0 Å². The Hall–Kier alpha value is -1.98. The number of carbonyl (C=O) groups is 1. The molecule has 0 bridgehead atoms. The number of hydrogen-bond acceptors (Lipinski definition) is 4. The van der Waals surface area contributed by atoms with E-state index < -0.39 is 5.97 Å². The fraction of sp³-hybridized carbons (Fsp3) is 0.429. The first-order chi connectivity index (χ1) is 12.8. The molecule has 0 saturated heterocycles. The Labute approximate surface area is 163 Å². The van der Waals surface area contributed by atoms with Crippen molar-refractivity contribution in [2.75, 3.05) is 13.2 Å². The molecule has 6 heteroatoms. The maximum absolute atomic E-state index is 14.1. The average molecular weight is 392 g/mol. The molecular formula is C21H23ClFNO3. The lowest BCUT2D eigenvalue weighted by Gasteiger charge is -2.15. The highest BCUT2D eigenvalue weighted by Gasteiger charge is 2.40. The first-order valence-corrected chi connectivity index (χ1v) is 9.49. The van der Waals surface area contributed by atoms with Gasteiger partial charge in [-0.1, -0.05) is 25.4 Å². The standard InChI is InChI=1S/C21H23ClFNO3/c1-5-26-21(25)14-6-7-17(24-20(14)22)19-16-9-13(23)8-15(18(16)19)12(4)27-10-11(2)3/h6-9,11-12,19H,5,10H2,1-4H3/t12-,19?/m0/s1. The van der Waals surface area contributed by atoms with Crippen molar-refractivity contribution in [1.82, 2.24) is 4.98 Å². The molecule has 2 aromatic rings. The highest BCUT2D eigenvalue weighted by molar-refractivity contribution is 6.32. The summed E-state index contributed by atoms with van der Waals surface area (Å²) >= 11 is 6.18. The van der Waals surface area contributed by atoms with Crippen LogP contribution in [0.2, 0.25) is 5.15 Å². The van der Waals surface area contributed by atoms with Crippen molar-refractivity contribution in [1.29, 1.82) is 0 Å². The Morgan fingerprint density at radius 1 is 1.30 bits per heavy atom. The van der Waals surface area contributed by atoms with Crippen molar-refractivity contribution in [3.63, 3.8) is 0 Å². The molecular weight excluding hydrogens is 369 g/mol. The third kappa shape index (κ3) is 4.14. The van der Waals surface area contributed by atoms with E-state index in [2.05, 4.69) is 18.8 Å². The average Bonchev–Trinajstić information content (AvgIpc) is 3.32. The smallest absolute Gasteiger partial charge is 0.341 e. The van der Waals surface area contributed by atoms with E-state index in [-0.39, 0.29) is 35.2 Å². The molecule has 0 spiro atoms. The van der Waals surface area contributed by atoms with Crippen LogP contribution in [-0.4, -0.2) is 24.2 Å². The summed E-state index contributed by atoms with van der Waals surface area (Å²) in [6.07, 6.45) is -0.212. The van der Waals surface area contributed by atoms with Gasteiger partial charge in [0.1, 0.15) is 11.0 Å². The highest BCUT2D eigenvalue weighted by Crippen LogP contribution is 2.52. The second kappa shape index (κ2) is 7.95. The number of carbonyl (C=O) groups excluding carboxylic acids is 1. The van der Waals surface area contributed by atoms with E-state index in [9.17, 15) is 9.18 Å². The lowest BCUT2D eigenvalue weighted by atomic mass is 10.1. The number of hydrogen-bond donors (Lipinski definition) is 0. The van der Waals surface area contributed by atoms with Gasteiger partial charge < -0.3 is 9.47 Å². The Morgan fingerprint density at radius 2 is 2.04 bits per heavy atom. The Bertz CT molecular complexity index is 869. The van der Waals surface area contributed by atoms with Crippen molar-refractivity contribution < 1.29 is 18.7 Å². The lowest BCUT2D eigenvalue weighted by molar-refractivity contribution is 0.0466. The summed E-state index contributed by atoms with van der Waals surface area (Å²) in [5.41, 5.74) is 3.67. The SMILES string of the molecule is CCOC(=O)c1ccc(C2c3cc(F)cc([C@H](C)OCC(C)C)c32)nc1Cl. The number of halogens is 2. The maximum Gasteiger partial charge on any atom is 0.341 e. The number of benzene rings is 1. The molecule has 1 aromatic heterocycles. The van der Waals surface area contributed by atoms with E-state index in [4.69, 9.17) is 21.1 Å². The number of pyridine rings is 1. The summed E-state index contributed by atoms with van der Waals surface area (Å²) in [5, 5.41) is 0.0925. The van der Waals surface area contributed by atoms with Crippen LogP contribution in [0.1, 0.15) is 72.5 Å². The minimum atomic E-state index is -0.502. The monoisotopic (exact) mass is 391 g/mol. The van der Waals surface area contributed by atoms with Crippen LogP contribution >= 0.6 is 11.6 Å². The molecule has 0 fully saturated rings. The first-order valence-electron chi connectivity index (χ1n) is 9.11. The summed E-state index contributed by atoms with van der Waals surface area (Å²) in [6.45, 7) is 8.68. The predicted octanol–water partition coefficient (Wildman–Crippen LogP) is 5.28. The van der Waals surface area contributed by atoms with Gasteiger partial charge in [-0.05, 0) is 60.7 Å². The van der Waals surface area contributed by atoms with Gasteiger partial charge in [-0.2, -0.15) is 0 Å². The first kappa shape index (κ1) is 19.8. The second-order valence-corrected chi connectivity index (χ2v) is 7.45. The molecule has 3 rings (SSSR count). The van der Waals surface area contributed by atoms with Gasteiger partial charge in [0.25, 0.3) is 0 Å². The Balaban J connectivity index is 1.86. The third-order valence-electron chi connectivity index (χ3n) is 4.50. The molecule has 144 valence electrons. The fourth-order valence-corrected chi connectivity index (χ4v) is 3.43. The van der Waals surface area contributed by atoms with Crippen LogP contribution in [0.5, 0.6) is 0 Å². The van der Waals surface area contributed by atoms with Crippen LogP contribution < -0.4 is 0 Å².